The van der Waals surface area contributed by atoms with Gasteiger partial charge in [0.1, 0.15) is 0 Å². The molecule has 0 amide bonds. The predicted molar refractivity (Wildman–Crippen MR) is 79.6 cm³/mol. The van der Waals surface area contributed by atoms with Gasteiger partial charge < -0.3 is 5.32 Å². The number of halogens is 1. The normalized spacial score (nSPS) is 12.7. The van der Waals surface area contributed by atoms with E-state index in [1.165, 1.54) is 9.88 Å². The van der Waals surface area contributed by atoms with Gasteiger partial charge >= 0.3 is 0 Å². The smallest absolute Gasteiger partial charge is 0.0976 e. The zero-order valence-electron chi connectivity index (χ0n) is 10.8. The monoisotopic (exact) mass is 280 g/mol. The molecule has 2 nitrogen and oxygen atoms in total. The van der Waals surface area contributed by atoms with Gasteiger partial charge in [-0.15, -0.1) is 11.3 Å². The molecule has 0 aliphatic carbocycles. The first kappa shape index (κ1) is 13.5. The molecule has 1 heterocycles. The van der Waals surface area contributed by atoms with Crippen molar-refractivity contribution in [2.75, 3.05) is 13.6 Å². The molecule has 0 saturated carbocycles. The summed E-state index contributed by atoms with van der Waals surface area (Å²) >= 11 is 7.69. The summed E-state index contributed by atoms with van der Waals surface area (Å²) in [5, 5.41) is 5.14. The average molecular weight is 281 g/mol. The summed E-state index contributed by atoms with van der Waals surface area (Å²) in [7, 11) is 1.97. The van der Waals surface area contributed by atoms with Gasteiger partial charge in [0.05, 0.1) is 10.7 Å². The summed E-state index contributed by atoms with van der Waals surface area (Å²) < 4.78 is 0. The van der Waals surface area contributed by atoms with Crippen LogP contribution in [0.5, 0.6) is 0 Å². The lowest BCUT2D eigenvalue weighted by Gasteiger charge is -2.05. The van der Waals surface area contributed by atoms with Gasteiger partial charge in [0, 0.05) is 27.9 Å². The molecule has 0 spiro atoms. The first-order valence-electron chi connectivity index (χ1n) is 5.99. The maximum Gasteiger partial charge on any atom is 0.0976 e. The molecule has 96 valence electrons. The Morgan fingerprint density at radius 3 is 2.61 bits per heavy atom. The minimum absolute atomic E-state index is 0.444. The maximum absolute atomic E-state index is 5.91. The van der Waals surface area contributed by atoms with Crippen molar-refractivity contribution in [1.29, 1.82) is 0 Å². The third-order valence-electron chi connectivity index (χ3n) is 2.86. The SMILES string of the molecule is CNCC(C)c1nc(-c2ccc(Cl)cc2)c(C)s1. The Balaban J connectivity index is 2.31. The van der Waals surface area contributed by atoms with Crippen LogP contribution in [0.1, 0.15) is 22.7 Å². The minimum atomic E-state index is 0.444. The van der Waals surface area contributed by atoms with Crippen LogP contribution in [0, 0.1) is 6.92 Å². The van der Waals surface area contributed by atoms with E-state index in [2.05, 4.69) is 19.2 Å². The van der Waals surface area contributed by atoms with E-state index in [4.69, 9.17) is 16.6 Å². The van der Waals surface area contributed by atoms with Crippen LogP contribution in [0.4, 0.5) is 0 Å². The van der Waals surface area contributed by atoms with Crippen LogP contribution < -0.4 is 5.32 Å². The van der Waals surface area contributed by atoms with Crippen molar-refractivity contribution in [1.82, 2.24) is 10.3 Å². The molecule has 0 fully saturated rings. The van der Waals surface area contributed by atoms with Crippen LogP contribution in [-0.2, 0) is 0 Å². The molecule has 1 unspecified atom stereocenters. The number of aryl methyl sites for hydroxylation is 1. The predicted octanol–water partition coefficient (Wildman–Crippen LogP) is 4.09. The Labute approximate surface area is 117 Å². The molecule has 1 aromatic carbocycles. The molecule has 2 rings (SSSR count). The number of rotatable bonds is 4. The van der Waals surface area contributed by atoms with Gasteiger partial charge in [-0.2, -0.15) is 0 Å². The molecular weight excluding hydrogens is 264 g/mol. The van der Waals surface area contributed by atoms with Crippen LogP contribution in [-0.4, -0.2) is 18.6 Å². The fourth-order valence-corrected chi connectivity index (χ4v) is 3.02. The van der Waals surface area contributed by atoms with Crippen molar-refractivity contribution in [2.45, 2.75) is 19.8 Å². The van der Waals surface area contributed by atoms with E-state index in [-0.39, 0.29) is 0 Å². The van der Waals surface area contributed by atoms with Crippen molar-refractivity contribution in [2.24, 2.45) is 0 Å². The summed E-state index contributed by atoms with van der Waals surface area (Å²) in [6, 6.07) is 7.87. The number of thiazole rings is 1. The van der Waals surface area contributed by atoms with Crippen molar-refractivity contribution in [3.63, 3.8) is 0 Å². The third-order valence-corrected chi connectivity index (χ3v) is 4.32. The van der Waals surface area contributed by atoms with E-state index < -0.39 is 0 Å². The Hall–Kier alpha value is -0.900. The van der Waals surface area contributed by atoms with Gasteiger partial charge in [-0.3, -0.25) is 0 Å². The largest absolute Gasteiger partial charge is 0.319 e. The van der Waals surface area contributed by atoms with Crippen molar-refractivity contribution in [3.8, 4) is 11.3 Å². The number of hydrogen-bond acceptors (Lipinski definition) is 3. The van der Waals surface area contributed by atoms with Crippen LogP contribution in [0.15, 0.2) is 24.3 Å². The van der Waals surface area contributed by atoms with E-state index in [9.17, 15) is 0 Å². The molecule has 4 heteroatoms. The van der Waals surface area contributed by atoms with E-state index in [0.29, 0.717) is 5.92 Å². The second kappa shape index (κ2) is 5.83. The highest BCUT2D eigenvalue weighted by molar-refractivity contribution is 7.12. The van der Waals surface area contributed by atoms with Gasteiger partial charge in [-0.05, 0) is 26.1 Å². The third kappa shape index (κ3) is 2.91. The lowest BCUT2D eigenvalue weighted by molar-refractivity contribution is 0.674. The van der Waals surface area contributed by atoms with Gasteiger partial charge in [-0.1, -0.05) is 30.7 Å². The Morgan fingerprint density at radius 1 is 1.33 bits per heavy atom. The van der Waals surface area contributed by atoms with Crippen molar-refractivity contribution < 1.29 is 0 Å². The molecule has 0 bridgehead atoms. The number of benzene rings is 1. The molecule has 2 aromatic rings. The molecule has 0 aliphatic heterocycles. The van der Waals surface area contributed by atoms with Gasteiger partial charge in [0.2, 0.25) is 0 Å². The maximum atomic E-state index is 5.91. The highest BCUT2D eigenvalue weighted by Crippen LogP contribution is 2.31. The molecule has 1 N–H and O–H groups in total. The Morgan fingerprint density at radius 2 is 2.00 bits per heavy atom. The molecule has 1 aromatic heterocycles. The van der Waals surface area contributed by atoms with Gasteiger partial charge in [0.15, 0.2) is 0 Å². The van der Waals surface area contributed by atoms with Crippen LogP contribution in [0.25, 0.3) is 11.3 Å². The van der Waals surface area contributed by atoms with Crippen LogP contribution in [0.3, 0.4) is 0 Å². The first-order chi connectivity index (χ1) is 8.61. The summed E-state index contributed by atoms with van der Waals surface area (Å²) in [6.45, 7) is 5.27. The summed E-state index contributed by atoms with van der Waals surface area (Å²) in [5.41, 5.74) is 2.21. The number of likely N-dealkylation sites (N-methyl/N-ethyl adjacent to an activating group) is 1. The fraction of sp³-hybridized carbons (Fsp3) is 0.357. The number of hydrogen-bond donors (Lipinski definition) is 1. The van der Waals surface area contributed by atoms with E-state index in [1.54, 1.807) is 11.3 Å². The zero-order chi connectivity index (χ0) is 13.1. The fourth-order valence-electron chi connectivity index (χ4n) is 1.90. The van der Waals surface area contributed by atoms with Crippen molar-refractivity contribution in [3.05, 3.63) is 39.2 Å². The number of aromatic nitrogens is 1. The minimum Gasteiger partial charge on any atom is -0.319 e. The molecule has 0 aliphatic rings. The van der Waals surface area contributed by atoms with E-state index in [0.717, 1.165) is 22.8 Å². The molecule has 1 atom stereocenters. The Kier molecular flexibility index (Phi) is 4.38. The molecule has 0 radical (unpaired) electrons. The van der Waals surface area contributed by atoms with E-state index in [1.807, 2.05) is 31.3 Å². The summed E-state index contributed by atoms with van der Waals surface area (Å²) in [4.78, 5) is 6.02. The van der Waals surface area contributed by atoms with Gasteiger partial charge in [0.25, 0.3) is 0 Å². The Bertz CT molecular complexity index is 519. The second-order valence-corrected chi connectivity index (χ2v) is 6.09. The highest BCUT2D eigenvalue weighted by atomic mass is 35.5. The molecule has 18 heavy (non-hydrogen) atoms. The average Bonchev–Trinajstić information content (AvgIpc) is 2.73. The van der Waals surface area contributed by atoms with Crippen LogP contribution in [0.2, 0.25) is 5.02 Å². The van der Waals surface area contributed by atoms with Crippen molar-refractivity contribution >= 4 is 22.9 Å². The first-order valence-corrected chi connectivity index (χ1v) is 7.19. The topological polar surface area (TPSA) is 24.9 Å². The number of nitrogens with one attached hydrogen (secondary N) is 1. The second-order valence-electron chi connectivity index (χ2n) is 4.42. The standard InChI is InChI=1S/C14H17ClN2S/c1-9(8-16-3)14-17-13(10(2)18-14)11-4-6-12(15)7-5-11/h4-7,9,16H,8H2,1-3H3. The summed E-state index contributed by atoms with van der Waals surface area (Å²) in [5.74, 6) is 0.444. The summed E-state index contributed by atoms with van der Waals surface area (Å²) in [6.07, 6.45) is 0. The quantitative estimate of drug-likeness (QED) is 0.912. The number of nitrogens with zero attached hydrogens (tertiary/aromatic N) is 1. The highest BCUT2D eigenvalue weighted by Gasteiger charge is 2.14. The van der Waals surface area contributed by atoms with Crippen LogP contribution >= 0.6 is 22.9 Å². The van der Waals surface area contributed by atoms with E-state index >= 15 is 0 Å². The lowest BCUT2D eigenvalue weighted by Crippen LogP contribution is -2.14. The molecule has 0 saturated heterocycles. The zero-order valence-corrected chi connectivity index (χ0v) is 12.4. The lowest BCUT2D eigenvalue weighted by atomic mass is 10.1. The van der Waals surface area contributed by atoms with Gasteiger partial charge in [-0.25, -0.2) is 4.98 Å². The molecular formula is C14H17ClN2S.